The molecular weight excluding hydrogens is 262 g/mol. The molecule has 1 rings (SSSR count). The summed E-state index contributed by atoms with van der Waals surface area (Å²) in [6.45, 7) is 12.4. The second kappa shape index (κ2) is 8.74. The van der Waals surface area contributed by atoms with Crippen LogP contribution in [0.2, 0.25) is 0 Å². The van der Waals surface area contributed by atoms with E-state index in [1.54, 1.807) is 0 Å². The molecule has 0 heterocycles. The fourth-order valence-electron chi connectivity index (χ4n) is 2.15. The van der Waals surface area contributed by atoms with Crippen LogP contribution in [0.5, 0.6) is 0 Å². The van der Waals surface area contributed by atoms with Crippen LogP contribution in [0, 0.1) is 0 Å². The Labute approximate surface area is 129 Å². The lowest BCUT2D eigenvalue weighted by molar-refractivity contribution is 0.572. The average molecular weight is 294 g/mol. The van der Waals surface area contributed by atoms with Gasteiger partial charge in [0.2, 0.25) is 0 Å². The molecule has 2 heteroatoms. The van der Waals surface area contributed by atoms with E-state index in [4.69, 9.17) is 0 Å². The monoisotopic (exact) mass is 293 g/mol. The van der Waals surface area contributed by atoms with E-state index >= 15 is 0 Å². The Morgan fingerprint density at radius 1 is 1.05 bits per heavy atom. The Morgan fingerprint density at radius 3 is 2.20 bits per heavy atom. The van der Waals surface area contributed by atoms with Crippen molar-refractivity contribution < 1.29 is 0 Å². The second-order valence-electron chi connectivity index (χ2n) is 6.45. The number of nitrogens with one attached hydrogen (secondary N) is 1. The van der Waals surface area contributed by atoms with Gasteiger partial charge < -0.3 is 5.32 Å². The van der Waals surface area contributed by atoms with Crippen molar-refractivity contribution >= 4 is 11.8 Å². The van der Waals surface area contributed by atoms with Gasteiger partial charge in [-0.2, -0.15) is 11.8 Å². The van der Waals surface area contributed by atoms with Gasteiger partial charge in [-0.3, -0.25) is 0 Å². The molecule has 1 aromatic rings. The summed E-state index contributed by atoms with van der Waals surface area (Å²) in [5, 5.41) is 3.68. The summed E-state index contributed by atoms with van der Waals surface area (Å²) in [7, 11) is 0. The molecule has 0 aromatic heterocycles. The fourth-order valence-corrected chi connectivity index (χ4v) is 3.15. The molecule has 0 aliphatic carbocycles. The van der Waals surface area contributed by atoms with Crippen LogP contribution in [0.1, 0.15) is 64.6 Å². The molecule has 1 aromatic carbocycles. The van der Waals surface area contributed by atoms with Gasteiger partial charge in [-0.05, 0) is 41.7 Å². The van der Waals surface area contributed by atoms with Gasteiger partial charge in [-0.15, -0.1) is 0 Å². The zero-order chi connectivity index (χ0) is 15.0. The number of hydrogen-bond donors (Lipinski definition) is 1. The molecule has 1 unspecified atom stereocenters. The summed E-state index contributed by atoms with van der Waals surface area (Å²) < 4.78 is 0. The summed E-state index contributed by atoms with van der Waals surface area (Å²) >= 11 is 2.05. The maximum Gasteiger partial charge on any atom is 0.0411 e. The molecule has 1 N–H and O–H groups in total. The number of hydrogen-bond acceptors (Lipinski definition) is 2. The van der Waals surface area contributed by atoms with Gasteiger partial charge in [0.15, 0.2) is 0 Å². The Hall–Kier alpha value is -0.470. The number of rotatable bonds is 8. The van der Waals surface area contributed by atoms with Gasteiger partial charge in [0.1, 0.15) is 0 Å². The van der Waals surface area contributed by atoms with E-state index in [2.05, 4.69) is 76.0 Å². The maximum absolute atomic E-state index is 3.68. The van der Waals surface area contributed by atoms with Crippen molar-refractivity contribution in [3.8, 4) is 0 Å². The summed E-state index contributed by atoms with van der Waals surface area (Å²) in [5.74, 6) is 2.42. The first-order valence-corrected chi connectivity index (χ1v) is 9.06. The van der Waals surface area contributed by atoms with Crippen molar-refractivity contribution in [2.75, 3.05) is 18.1 Å². The largest absolute Gasteiger partial charge is 0.309 e. The molecule has 0 bridgehead atoms. The SMILES string of the molecule is CCCNC(CSCCC)c1ccc(C(C)(C)C)cc1. The van der Waals surface area contributed by atoms with Crippen LogP contribution in [0.4, 0.5) is 0 Å². The van der Waals surface area contributed by atoms with Crippen LogP contribution in [-0.2, 0) is 5.41 Å². The molecule has 114 valence electrons. The standard InChI is InChI=1S/C18H31NS/c1-6-12-19-17(14-20-13-7-2)15-8-10-16(11-9-15)18(3,4)5/h8-11,17,19H,6-7,12-14H2,1-5H3. The minimum atomic E-state index is 0.238. The van der Waals surface area contributed by atoms with Gasteiger partial charge in [-0.1, -0.05) is 58.9 Å². The van der Waals surface area contributed by atoms with Crippen molar-refractivity contribution in [3.63, 3.8) is 0 Å². The van der Waals surface area contributed by atoms with E-state index in [0.717, 1.165) is 6.54 Å². The predicted molar refractivity (Wildman–Crippen MR) is 93.8 cm³/mol. The van der Waals surface area contributed by atoms with Crippen molar-refractivity contribution in [2.24, 2.45) is 0 Å². The highest BCUT2D eigenvalue weighted by Crippen LogP contribution is 2.25. The number of benzene rings is 1. The summed E-state index contributed by atoms with van der Waals surface area (Å²) in [4.78, 5) is 0. The molecule has 0 fully saturated rings. The fraction of sp³-hybridized carbons (Fsp3) is 0.667. The molecule has 0 saturated carbocycles. The van der Waals surface area contributed by atoms with Gasteiger partial charge in [0.05, 0.1) is 0 Å². The molecule has 0 saturated heterocycles. The first-order chi connectivity index (χ1) is 9.49. The molecule has 0 aliphatic heterocycles. The van der Waals surface area contributed by atoms with Crippen molar-refractivity contribution in [3.05, 3.63) is 35.4 Å². The van der Waals surface area contributed by atoms with Crippen LogP contribution >= 0.6 is 11.8 Å². The normalized spacial score (nSPS) is 13.4. The topological polar surface area (TPSA) is 12.0 Å². The van der Waals surface area contributed by atoms with Crippen LogP contribution in [-0.4, -0.2) is 18.1 Å². The summed E-state index contributed by atoms with van der Waals surface area (Å²) in [5.41, 5.74) is 3.08. The highest BCUT2D eigenvalue weighted by molar-refractivity contribution is 7.99. The minimum absolute atomic E-state index is 0.238. The molecular formula is C18H31NS. The van der Waals surface area contributed by atoms with E-state index in [0.29, 0.717) is 6.04 Å². The van der Waals surface area contributed by atoms with E-state index in [9.17, 15) is 0 Å². The molecule has 1 atom stereocenters. The molecule has 1 nitrogen and oxygen atoms in total. The van der Waals surface area contributed by atoms with Gasteiger partial charge in [0, 0.05) is 11.8 Å². The quantitative estimate of drug-likeness (QED) is 0.664. The first kappa shape index (κ1) is 17.6. The summed E-state index contributed by atoms with van der Waals surface area (Å²) in [6.07, 6.45) is 2.45. The van der Waals surface area contributed by atoms with Gasteiger partial charge in [-0.25, -0.2) is 0 Å². The third kappa shape index (κ3) is 5.88. The smallest absolute Gasteiger partial charge is 0.0411 e. The van der Waals surface area contributed by atoms with E-state index in [1.165, 1.54) is 35.5 Å². The zero-order valence-electron chi connectivity index (χ0n) is 13.8. The maximum atomic E-state index is 3.68. The Bertz CT molecular complexity index is 364. The van der Waals surface area contributed by atoms with Crippen molar-refractivity contribution in [1.82, 2.24) is 5.32 Å². The van der Waals surface area contributed by atoms with Crippen molar-refractivity contribution in [2.45, 2.75) is 58.9 Å². The molecule has 0 radical (unpaired) electrons. The lowest BCUT2D eigenvalue weighted by Crippen LogP contribution is -2.24. The Morgan fingerprint density at radius 2 is 1.70 bits per heavy atom. The summed E-state index contributed by atoms with van der Waals surface area (Å²) in [6, 6.07) is 9.68. The van der Waals surface area contributed by atoms with E-state index < -0.39 is 0 Å². The number of thioether (sulfide) groups is 1. The average Bonchev–Trinajstić information content (AvgIpc) is 2.42. The van der Waals surface area contributed by atoms with Gasteiger partial charge in [0.25, 0.3) is 0 Å². The third-order valence-corrected chi connectivity index (χ3v) is 4.72. The predicted octanol–water partition coefficient (Wildman–Crippen LogP) is 5.17. The zero-order valence-corrected chi connectivity index (χ0v) is 14.6. The molecule has 20 heavy (non-hydrogen) atoms. The Balaban J connectivity index is 2.73. The second-order valence-corrected chi connectivity index (χ2v) is 7.60. The molecule has 0 aliphatic rings. The third-order valence-electron chi connectivity index (χ3n) is 3.45. The van der Waals surface area contributed by atoms with Crippen LogP contribution < -0.4 is 5.32 Å². The highest BCUT2D eigenvalue weighted by Gasteiger charge is 2.15. The lowest BCUT2D eigenvalue weighted by atomic mass is 9.86. The van der Waals surface area contributed by atoms with Gasteiger partial charge >= 0.3 is 0 Å². The van der Waals surface area contributed by atoms with Crippen LogP contribution in [0.25, 0.3) is 0 Å². The molecule has 0 amide bonds. The van der Waals surface area contributed by atoms with Crippen molar-refractivity contribution in [1.29, 1.82) is 0 Å². The minimum Gasteiger partial charge on any atom is -0.309 e. The highest BCUT2D eigenvalue weighted by atomic mass is 32.2. The van der Waals surface area contributed by atoms with Crippen LogP contribution in [0.3, 0.4) is 0 Å². The first-order valence-electron chi connectivity index (χ1n) is 7.90. The van der Waals surface area contributed by atoms with E-state index in [-0.39, 0.29) is 5.41 Å². The van der Waals surface area contributed by atoms with Crippen LogP contribution in [0.15, 0.2) is 24.3 Å². The Kier molecular flexibility index (Phi) is 7.68. The van der Waals surface area contributed by atoms with E-state index in [1.807, 2.05) is 0 Å². The lowest BCUT2D eigenvalue weighted by Gasteiger charge is -2.22. The molecule has 0 spiro atoms.